The fourth-order valence-electron chi connectivity index (χ4n) is 8.24. The number of unbranched alkanes of at least 4 members (excludes halogenated alkanes) is 1. The van der Waals surface area contributed by atoms with E-state index in [2.05, 4.69) is 192 Å². The zero-order valence-corrected chi connectivity index (χ0v) is 29.3. The molecule has 8 aromatic carbocycles. The lowest BCUT2D eigenvalue weighted by Crippen LogP contribution is -1.95. The predicted molar refractivity (Wildman–Crippen MR) is 222 cm³/mol. The molecule has 0 aliphatic rings. The van der Waals surface area contributed by atoms with Gasteiger partial charge in [-0.15, -0.1) is 0 Å². The predicted octanol–water partition coefficient (Wildman–Crippen LogP) is 13.7. The van der Waals surface area contributed by atoms with E-state index in [-0.39, 0.29) is 0 Å². The molecule has 0 saturated carbocycles. The van der Waals surface area contributed by atoms with Crippen LogP contribution in [-0.2, 0) is 6.42 Å². The quantitative estimate of drug-likeness (QED) is 0.160. The van der Waals surface area contributed by atoms with Crippen LogP contribution in [0.4, 0.5) is 0 Å². The summed E-state index contributed by atoms with van der Waals surface area (Å²) in [5, 5.41) is 7.55. The van der Waals surface area contributed by atoms with Crippen LogP contribution in [0.15, 0.2) is 176 Å². The Kier molecular flexibility index (Phi) is 7.28. The minimum absolute atomic E-state index is 1.14. The van der Waals surface area contributed by atoms with Crippen LogP contribution in [0.3, 0.4) is 0 Å². The van der Waals surface area contributed by atoms with Gasteiger partial charge in [0, 0.05) is 32.9 Å². The smallest absolute Gasteiger partial charge is 0.0547 e. The summed E-state index contributed by atoms with van der Waals surface area (Å²) in [6.45, 7) is 2.25. The molecule has 0 N–H and O–H groups in total. The Labute approximate surface area is 303 Å². The van der Waals surface area contributed by atoms with Crippen LogP contribution < -0.4 is 0 Å². The summed E-state index contributed by atoms with van der Waals surface area (Å²) >= 11 is 0. The van der Waals surface area contributed by atoms with E-state index in [1.807, 2.05) is 0 Å². The highest BCUT2D eigenvalue weighted by atomic mass is 15.0. The average molecular weight is 667 g/mol. The second-order valence-corrected chi connectivity index (χ2v) is 14.1. The molecule has 248 valence electrons. The Hall–Kier alpha value is -6.38. The summed E-state index contributed by atoms with van der Waals surface area (Å²) < 4.78 is 4.85. The molecule has 10 rings (SSSR count). The largest absolute Gasteiger partial charge is 0.309 e. The molecule has 0 aliphatic heterocycles. The molecule has 0 fully saturated rings. The first kappa shape index (κ1) is 30.4. The van der Waals surface area contributed by atoms with E-state index >= 15 is 0 Å². The van der Waals surface area contributed by atoms with Crippen molar-refractivity contribution >= 4 is 54.4 Å². The van der Waals surface area contributed by atoms with E-state index < -0.39 is 0 Å². The number of para-hydroxylation sites is 2. The van der Waals surface area contributed by atoms with Gasteiger partial charge in [0.15, 0.2) is 0 Å². The number of hydrogen-bond acceptors (Lipinski definition) is 0. The molecule has 0 atom stereocenters. The topological polar surface area (TPSA) is 9.86 Å². The molecular weight excluding hydrogens is 629 g/mol. The highest BCUT2D eigenvalue weighted by molar-refractivity contribution is 6.12. The van der Waals surface area contributed by atoms with Crippen LogP contribution in [0.2, 0.25) is 0 Å². The Morgan fingerprint density at radius 3 is 1.77 bits per heavy atom. The standard InChI is InChI=1S/C50H38N2/c1-2-3-11-34-20-22-36(23-21-34)38-14-10-15-41(30-38)51-48-19-9-7-17-44(48)46-32-39(26-29-49(46)51)40-25-28-45-43-16-6-8-18-47(43)52(50(45)33-40)42-27-24-35-12-4-5-13-37(35)31-42/h4-10,12-33H,2-3,11H2,1H3. The maximum Gasteiger partial charge on any atom is 0.0547 e. The first-order valence-electron chi connectivity index (χ1n) is 18.5. The van der Waals surface area contributed by atoms with Crippen molar-refractivity contribution in [1.82, 2.24) is 9.13 Å². The van der Waals surface area contributed by atoms with Crippen LogP contribution >= 0.6 is 0 Å². The molecule has 0 amide bonds. The third-order valence-corrected chi connectivity index (χ3v) is 10.9. The number of rotatable bonds is 7. The Morgan fingerprint density at radius 1 is 0.365 bits per heavy atom. The Balaban J connectivity index is 1.10. The average Bonchev–Trinajstić information content (AvgIpc) is 3.72. The lowest BCUT2D eigenvalue weighted by Gasteiger charge is -2.12. The lowest BCUT2D eigenvalue weighted by molar-refractivity contribution is 0.795. The van der Waals surface area contributed by atoms with Crippen molar-refractivity contribution in [2.24, 2.45) is 0 Å². The van der Waals surface area contributed by atoms with Gasteiger partial charge in [-0.1, -0.05) is 135 Å². The molecule has 2 heterocycles. The molecule has 0 spiro atoms. The van der Waals surface area contributed by atoms with Gasteiger partial charge in [0.1, 0.15) is 0 Å². The minimum atomic E-state index is 1.14. The Bertz CT molecular complexity index is 2940. The number of fused-ring (bicyclic) bond motifs is 7. The first-order valence-corrected chi connectivity index (χ1v) is 18.5. The van der Waals surface area contributed by atoms with Crippen LogP contribution in [-0.4, -0.2) is 9.13 Å². The van der Waals surface area contributed by atoms with Crippen molar-refractivity contribution in [3.8, 4) is 33.6 Å². The second-order valence-electron chi connectivity index (χ2n) is 14.1. The van der Waals surface area contributed by atoms with E-state index in [0.29, 0.717) is 0 Å². The highest BCUT2D eigenvalue weighted by Gasteiger charge is 2.16. The van der Waals surface area contributed by atoms with Gasteiger partial charge < -0.3 is 9.13 Å². The number of aromatic nitrogens is 2. The molecule has 0 aliphatic carbocycles. The van der Waals surface area contributed by atoms with E-state index in [4.69, 9.17) is 0 Å². The zero-order chi connectivity index (χ0) is 34.6. The number of benzene rings is 8. The second kappa shape index (κ2) is 12.4. The van der Waals surface area contributed by atoms with Crippen molar-refractivity contribution in [2.75, 3.05) is 0 Å². The maximum atomic E-state index is 2.43. The van der Waals surface area contributed by atoms with E-state index in [0.717, 1.165) is 6.42 Å². The van der Waals surface area contributed by atoms with Gasteiger partial charge >= 0.3 is 0 Å². The summed E-state index contributed by atoms with van der Waals surface area (Å²) in [5.41, 5.74) is 13.5. The molecule has 10 aromatic rings. The monoisotopic (exact) mass is 666 g/mol. The van der Waals surface area contributed by atoms with Gasteiger partial charge in [-0.05, 0) is 106 Å². The summed E-state index contributed by atoms with van der Waals surface area (Å²) in [6.07, 6.45) is 3.59. The normalized spacial score (nSPS) is 11.8. The van der Waals surface area contributed by atoms with Gasteiger partial charge in [0.05, 0.1) is 22.1 Å². The van der Waals surface area contributed by atoms with Crippen LogP contribution in [0.25, 0.3) is 88.0 Å². The number of hydrogen-bond donors (Lipinski definition) is 0. The lowest BCUT2D eigenvalue weighted by atomic mass is 10.0. The van der Waals surface area contributed by atoms with Crippen molar-refractivity contribution in [3.63, 3.8) is 0 Å². The van der Waals surface area contributed by atoms with Crippen molar-refractivity contribution < 1.29 is 0 Å². The van der Waals surface area contributed by atoms with Crippen molar-refractivity contribution in [3.05, 3.63) is 181 Å². The Morgan fingerprint density at radius 2 is 0.962 bits per heavy atom. The van der Waals surface area contributed by atoms with Crippen LogP contribution in [0, 0.1) is 0 Å². The molecule has 0 bridgehead atoms. The fraction of sp³-hybridized carbons (Fsp3) is 0.0800. The molecule has 0 radical (unpaired) electrons. The summed E-state index contributed by atoms with van der Waals surface area (Å²) in [4.78, 5) is 0. The third kappa shape index (κ3) is 5.02. The van der Waals surface area contributed by atoms with Gasteiger partial charge in [-0.3, -0.25) is 0 Å². The zero-order valence-electron chi connectivity index (χ0n) is 29.3. The number of aryl methyl sites for hydroxylation is 1. The fourth-order valence-corrected chi connectivity index (χ4v) is 8.24. The molecule has 0 saturated heterocycles. The van der Waals surface area contributed by atoms with Crippen LogP contribution in [0.1, 0.15) is 25.3 Å². The van der Waals surface area contributed by atoms with Gasteiger partial charge in [-0.25, -0.2) is 0 Å². The SMILES string of the molecule is CCCCc1ccc(-c2cccc(-n3c4ccccc4c4cc(-c5ccc6c7ccccc7n(-c7ccc8ccccc8c7)c6c5)ccc43)c2)cc1. The third-order valence-electron chi connectivity index (χ3n) is 10.9. The van der Waals surface area contributed by atoms with Gasteiger partial charge in [0.25, 0.3) is 0 Å². The van der Waals surface area contributed by atoms with Gasteiger partial charge in [-0.2, -0.15) is 0 Å². The van der Waals surface area contributed by atoms with Crippen molar-refractivity contribution in [2.45, 2.75) is 26.2 Å². The molecular formula is C50H38N2. The number of nitrogens with zero attached hydrogens (tertiary/aromatic N) is 2. The van der Waals surface area contributed by atoms with E-state index in [1.165, 1.54) is 106 Å². The maximum absolute atomic E-state index is 2.43. The van der Waals surface area contributed by atoms with Crippen molar-refractivity contribution in [1.29, 1.82) is 0 Å². The molecule has 2 aromatic heterocycles. The summed E-state index contributed by atoms with van der Waals surface area (Å²) in [5.74, 6) is 0. The highest BCUT2D eigenvalue weighted by Crippen LogP contribution is 2.39. The summed E-state index contributed by atoms with van der Waals surface area (Å²) in [6, 6.07) is 65.1. The van der Waals surface area contributed by atoms with Gasteiger partial charge in [0.2, 0.25) is 0 Å². The summed E-state index contributed by atoms with van der Waals surface area (Å²) in [7, 11) is 0. The molecule has 52 heavy (non-hydrogen) atoms. The van der Waals surface area contributed by atoms with Crippen LogP contribution in [0.5, 0.6) is 0 Å². The van der Waals surface area contributed by atoms with E-state index in [1.54, 1.807) is 0 Å². The van der Waals surface area contributed by atoms with E-state index in [9.17, 15) is 0 Å². The molecule has 2 heteroatoms. The minimum Gasteiger partial charge on any atom is -0.309 e. The molecule has 0 unspecified atom stereocenters. The molecule has 2 nitrogen and oxygen atoms in total. The first-order chi connectivity index (χ1) is 25.7.